The molecule has 2 nitrogen and oxygen atoms in total. The molecule has 0 radical (unpaired) electrons. The highest BCUT2D eigenvalue weighted by molar-refractivity contribution is 5.69. The van der Waals surface area contributed by atoms with Crippen LogP contribution in [0, 0.1) is 0 Å². The van der Waals surface area contributed by atoms with Crippen molar-refractivity contribution in [2.45, 2.75) is 117 Å². The van der Waals surface area contributed by atoms with Crippen LogP contribution in [0.25, 0.3) is 0 Å². The second kappa shape index (κ2) is 22.0. The second-order valence-corrected chi connectivity index (χ2v) is 7.26. The van der Waals surface area contributed by atoms with E-state index in [-0.39, 0.29) is 5.97 Å². The lowest BCUT2D eigenvalue weighted by atomic mass is 10.1. The predicted molar refractivity (Wildman–Crippen MR) is 114 cm³/mol. The molecule has 0 aromatic rings. The van der Waals surface area contributed by atoms with Gasteiger partial charge in [-0.2, -0.15) is 0 Å². The van der Waals surface area contributed by atoms with Crippen molar-refractivity contribution >= 4 is 5.97 Å². The molecule has 0 saturated heterocycles. The van der Waals surface area contributed by atoms with Crippen LogP contribution < -0.4 is 0 Å². The summed E-state index contributed by atoms with van der Waals surface area (Å²) in [6.07, 6.45) is 27.8. The summed E-state index contributed by atoms with van der Waals surface area (Å²) in [5.41, 5.74) is 0. The lowest BCUT2D eigenvalue weighted by Crippen LogP contribution is -2.05. The zero-order chi connectivity index (χ0) is 19.1. The van der Waals surface area contributed by atoms with Crippen LogP contribution in [0.3, 0.4) is 0 Å². The van der Waals surface area contributed by atoms with Crippen LogP contribution in [0.2, 0.25) is 0 Å². The Morgan fingerprint density at radius 1 is 0.654 bits per heavy atom. The smallest absolute Gasteiger partial charge is 0.305 e. The number of hydrogen-bond donors (Lipinski definition) is 0. The monoisotopic (exact) mass is 364 g/mol. The van der Waals surface area contributed by atoms with Gasteiger partial charge in [0.15, 0.2) is 0 Å². The predicted octanol–water partition coefficient (Wildman–Crippen LogP) is 7.92. The molecule has 0 aromatic heterocycles. The fraction of sp³-hybridized carbons (Fsp3) is 0.792. The molecule has 0 atom stereocenters. The maximum absolute atomic E-state index is 11.6. The molecular formula is C24H44O2. The summed E-state index contributed by atoms with van der Waals surface area (Å²) in [5.74, 6) is -0.00724. The summed E-state index contributed by atoms with van der Waals surface area (Å²) in [5, 5.41) is 0. The van der Waals surface area contributed by atoms with Gasteiger partial charge in [-0.15, -0.1) is 0 Å². The van der Waals surface area contributed by atoms with Gasteiger partial charge in [-0.05, 0) is 44.9 Å². The fourth-order valence-corrected chi connectivity index (χ4v) is 2.87. The van der Waals surface area contributed by atoms with Crippen LogP contribution >= 0.6 is 0 Å². The number of ether oxygens (including phenoxy) is 1. The number of carbonyl (C=O) groups excluding carboxylic acids is 1. The molecule has 0 aliphatic heterocycles. The van der Waals surface area contributed by atoms with Gasteiger partial charge in [0.25, 0.3) is 0 Å². The number of unbranched alkanes of at least 4 members (excludes halogenated alkanes) is 11. The molecule has 2 heteroatoms. The van der Waals surface area contributed by atoms with E-state index in [1.807, 2.05) is 0 Å². The van der Waals surface area contributed by atoms with E-state index in [0.29, 0.717) is 13.0 Å². The molecule has 0 N–H and O–H groups in total. The highest BCUT2D eigenvalue weighted by Gasteiger charge is 2.02. The average molecular weight is 365 g/mol. The van der Waals surface area contributed by atoms with Crippen molar-refractivity contribution < 1.29 is 9.53 Å². The summed E-state index contributed by atoms with van der Waals surface area (Å²) in [6, 6.07) is 0. The minimum absolute atomic E-state index is 0.00724. The van der Waals surface area contributed by atoms with Crippen LogP contribution in [0.4, 0.5) is 0 Å². The molecule has 0 fully saturated rings. The molecule has 0 heterocycles. The van der Waals surface area contributed by atoms with Gasteiger partial charge in [0.1, 0.15) is 0 Å². The second-order valence-electron chi connectivity index (χ2n) is 7.26. The van der Waals surface area contributed by atoms with E-state index in [0.717, 1.165) is 25.7 Å². The number of carbonyl (C=O) groups is 1. The largest absolute Gasteiger partial charge is 0.466 e. The SMILES string of the molecule is CCCCCC=CCC=CCCCCCCCC(=O)OCCCCCC. The zero-order valence-corrected chi connectivity index (χ0v) is 17.6. The van der Waals surface area contributed by atoms with E-state index in [9.17, 15) is 4.79 Å². The maximum Gasteiger partial charge on any atom is 0.305 e. The Kier molecular flexibility index (Phi) is 21.1. The third-order valence-electron chi connectivity index (χ3n) is 4.59. The van der Waals surface area contributed by atoms with Crippen molar-refractivity contribution in [1.82, 2.24) is 0 Å². The van der Waals surface area contributed by atoms with Crippen LogP contribution in [-0.4, -0.2) is 12.6 Å². The van der Waals surface area contributed by atoms with Crippen LogP contribution in [0.1, 0.15) is 117 Å². The van der Waals surface area contributed by atoms with E-state index in [1.54, 1.807) is 0 Å². The van der Waals surface area contributed by atoms with Gasteiger partial charge in [0.05, 0.1) is 6.61 Å². The molecule has 152 valence electrons. The Morgan fingerprint density at radius 3 is 1.88 bits per heavy atom. The van der Waals surface area contributed by atoms with Gasteiger partial charge in [-0.3, -0.25) is 4.79 Å². The lowest BCUT2D eigenvalue weighted by Gasteiger charge is -2.04. The molecule has 0 saturated carbocycles. The third kappa shape index (κ3) is 21.0. The minimum Gasteiger partial charge on any atom is -0.466 e. The quantitative estimate of drug-likeness (QED) is 0.132. The maximum atomic E-state index is 11.6. The number of allylic oxidation sites excluding steroid dienone is 4. The molecule has 26 heavy (non-hydrogen) atoms. The van der Waals surface area contributed by atoms with Gasteiger partial charge in [-0.25, -0.2) is 0 Å². The summed E-state index contributed by atoms with van der Waals surface area (Å²) >= 11 is 0. The van der Waals surface area contributed by atoms with Gasteiger partial charge in [-0.1, -0.05) is 89.5 Å². The molecule has 0 aliphatic rings. The van der Waals surface area contributed by atoms with E-state index < -0.39 is 0 Å². The van der Waals surface area contributed by atoms with E-state index >= 15 is 0 Å². The highest BCUT2D eigenvalue weighted by atomic mass is 16.5. The summed E-state index contributed by atoms with van der Waals surface area (Å²) in [4.78, 5) is 11.6. The standard InChI is InChI=1S/C24H44O2/c1-3-5-7-9-10-11-12-13-14-15-16-17-18-19-20-22-24(25)26-23-21-8-6-4-2/h10-11,13-14H,3-9,12,15-23H2,1-2H3. The Balaban J connectivity index is 3.25. The number of hydrogen-bond acceptors (Lipinski definition) is 2. The lowest BCUT2D eigenvalue weighted by molar-refractivity contribution is -0.143. The molecule has 0 amide bonds. The first-order chi connectivity index (χ1) is 12.8. The normalized spacial score (nSPS) is 11.6. The summed E-state index contributed by atoms with van der Waals surface area (Å²) in [7, 11) is 0. The van der Waals surface area contributed by atoms with Crippen LogP contribution in [0.15, 0.2) is 24.3 Å². The Hall–Kier alpha value is -1.05. The van der Waals surface area contributed by atoms with Crippen LogP contribution in [0.5, 0.6) is 0 Å². The molecular weight excluding hydrogens is 320 g/mol. The number of rotatable bonds is 19. The molecule has 0 unspecified atom stereocenters. The van der Waals surface area contributed by atoms with Crippen molar-refractivity contribution in [3.8, 4) is 0 Å². The van der Waals surface area contributed by atoms with E-state index in [4.69, 9.17) is 4.74 Å². The minimum atomic E-state index is -0.00724. The molecule has 0 aliphatic carbocycles. The van der Waals surface area contributed by atoms with E-state index in [1.165, 1.54) is 70.6 Å². The first-order valence-electron chi connectivity index (χ1n) is 11.3. The average Bonchev–Trinajstić information content (AvgIpc) is 2.64. The van der Waals surface area contributed by atoms with Gasteiger partial charge in [0.2, 0.25) is 0 Å². The van der Waals surface area contributed by atoms with Crippen molar-refractivity contribution in [2.24, 2.45) is 0 Å². The van der Waals surface area contributed by atoms with E-state index in [2.05, 4.69) is 38.2 Å². The first kappa shape index (κ1) is 24.9. The van der Waals surface area contributed by atoms with Crippen molar-refractivity contribution in [3.63, 3.8) is 0 Å². The summed E-state index contributed by atoms with van der Waals surface area (Å²) < 4.78 is 5.25. The zero-order valence-electron chi connectivity index (χ0n) is 17.6. The Labute approximate surface area is 163 Å². The molecule has 0 spiro atoms. The van der Waals surface area contributed by atoms with Gasteiger partial charge >= 0.3 is 5.97 Å². The molecule has 0 aromatic carbocycles. The fourth-order valence-electron chi connectivity index (χ4n) is 2.87. The Bertz CT molecular complexity index is 344. The number of esters is 1. The Morgan fingerprint density at radius 2 is 1.19 bits per heavy atom. The highest BCUT2D eigenvalue weighted by Crippen LogP contribution is 2.09. The van der Waals surface area contributed by atoms with Gasteiger partial charge < -0.3 is 4.74 Å². The summed E-state index contributed by atoms with van der Waals surface area (Å²) in [6.45, 7) is 5.05. The van der Waals surface area contributed by atoms with Gasteiger partial charge in [0, 0.05) is 6.42 Å². The molecule has 0 rings (SSSR count). The first-order valence-corrected chi connectivity index (χ1v) is 11.3. The van der Waals surface area contributed by atoms with Crippen LogP contribution in [-0.2, 0) is 9.53 Å². The topological polar surface area (TPSA) is 26.3 Å². The molecule has 0 bridgehead atoms. The van der Waals surface area contributed by atoms with Crippen molar-refractivity contribution in [2.75, 3.05) is 6.61 Å². The third-order valence-corrected chi connectivity index (χ3v) is 4.59. The van der Waals surface area contributed by atoms with Crippen molar-refractivity contribution in [1.29, 1.82) is 0 Å². The van der Waals surface area contributed by atoms with Crippen molar-refractivity contribution in [3.05, 3.63) is 24.3 Å².